The first-order valence-corrected chi connectivity index (χ1v) is 8.83. The highest BCUT2D eigenvalue weighted by Crippen LogP contribution is 2.19. The molecular formula is C17H15ClO4S. The lowest BCUT2D eigenvalue weighted by molar-refractivity contribution is -0.117. The summed E-state index contributed by atoms with van der Waals surface area (Å²) in [6.45, 7) is -0.534. The maximum absolute atomic E-state index is 12.3. The summed E-state index contributed by atoms with van der Waals surface area (Å²) in [6, 6.07) is 12.9. The molecule has 0 bridgehead atoms. The van der Waals surface area contributed by atoms with E-state index in [1.807, 2.05) is 0 Å². The van der Waals surface area contributed by atoms with Crippen molar-refractivity contribution in [1.82, 2.24) is 0 Å². The number of halogens is 1. The highest BCUT2D eigenvalue weighted by molar-refractivity contribution is 7.90. The van der Waals surface area contributed by atoms with Gasteiger partial charge in [0, 0.05) is 5.02 Å². The number of benzene rings is 2. The molecule has 0 heterocycles. The van der Waals surface area contributed by atoms with E-state index < -0.39 is 16.4 Å². The molecule has 0 radical (unpaired) electrons. The van der Waals surface area contributed by atoms with E-state index in [1.165, 1.54) is 18.2 Å². The average molecular weight is 351 g/mol. The minimum Gasteiger partial charge on any atom is -0.388 e. The quantitative estimate of drug-likeness (QED) is 0.813. The van der Waals surface area contributed by atoms with Gasteiger partial charge < -0.3 is 5.11 Å². The van der Waals surface area contributed by atoms with Crippen molar-refractivity contribution in [2.45, 2.75) is 10.6 Å². The van der Waals surface area contributed by atoms with Gasteiger partial charge in [0.25, 0.3) is 0 Å². The maximum atomic E-state index is 12.3. The van der Waals surface area contributed by atoms with Gasteiger partial charge in [0.15, 0.2) is 15.6 Å². The molecule has 1 N–H and O–H groups in total. The molecule has 0 unspecified atom stereocenters. The Morgan fingerprint density at radius 1 is 1.04 bits per heavy atom. The molecule has 6 heteroatoms. The molecule has 2 aromatic rings. The molecule has 0 aromatic heterocycles. The van der Waals surface area contributed by atoms with Crippen molar-refractivity contribution >= 4 is 33.3 Å². The number of carbonyl (C=O) groups is 1. The molecule has 23 heavy (non-hydrogen) atoms. The molecule has 0 spiro atoms. The van der Waals surface area contributed by atoms with E-state index in [1.54, 1.807) is 42.5 Å². The third-order valence-electron chi connectivity index (χ3n) is 3.13. The Kier molecular flexibility index (Phi) is 5.71. The van der Waals surface area contributed by atoms with Crippen LogP contribution in [0, 0.1) is 0 Å². The molecule has 0 aliphatic carbocycles. The molecule has 0 saturated carbocycles. The number of hydrogen-bond donors (Lipinski definition) is 1. The monoisotopic (exact) mass is 350 g/mol. The zero-order chi connectivity index (χ0) is 16.9. The first-order valence-electron chi connectivity index (χ1n) is 6.80. The van der Waals surface area contributed by atoms with Gasteiger partial charge in [0.2, 0.25) is 0 Å². The van der Waals surface area contributed by atoms with E-state index in [2.05, 4.69) is 0 Å². The largest absolute Gasteiger partial charge is 0.388 e. The highest BCUT2D eigenvalue weighted by atomic mass is 35.5. The van der Waals surface area contributed by atoms with Crippen molar-refractivity contribution < 1.29 is 18.3 Å². The van der Waals surface area contributed by atoms with E-state index in [0.29, 0.717) is 10.6 Å². The summed E-state index contributed by atoms with van der Waals surface area (Å²) in [6.07, 6.45) is 2.84. The van der Waals surface area contributed by atoms with Crippen molar-refractivity contribution in [2.75, 3.05) is 6.61 Å². The van der Waals surface area contributed by atoms with Gasteiger partial charge in [-0.05, 0) is 41.5 Å². The summed E-state index contributed by atoms with van der Waals surface area (Å²) >= 11 is 5.76. The van der Waals surface area contributed by atoms with Crippen molar-refractivity contribution in [3.63, 3.8) is 0 Å². The number of sulfone groups is 1. The lowest BCUT2D eigenvalue weighted by Gasteiger charge is -2.05. The van der Waals surface area contributed by atoms with Gasteiger partial charge in [-0.25, -0.2) is 8.42 Å². The second-order valence-electron chi connectivity index (χ2n) is 4.91. The Balaban J connectivity index is 2.12. The Bertz CT molecular complexity index is 807. The Hall–Kier alpha value is -1.95. The zero-order valence-corrected chi connectivity index (χ0v) is 13.7. The Morgan fingerprint density at radius 3 is 2.22 bits per heavy atom. The van der Waals surface area contributed by atoms with Crippen LogP contribution < -0.4 is 0 Å². The van der Waals surface area contributed by atoms with Crippen LogP contribution in [0.5, 0.6) is 0 Å². The fraction of sp³-hybridized carbons (Fsp3) is 0.118. The number of carbonyl (C=O) groups excluding carboxylic acids is 1. The van der Waals surface area contributed by atoms with E-state index in [-0.39, 0.29) is 16.4 Å². The van der Waals surface area contributed by atoms with E-state index in [0.717, 1.165) is 5.56 Å². The smallest absolute Gasteiger partial charge is 0.182 e. The molecule has 2 aromatic carbocycles. The number of hydrogen-bond acceptors (Lipinski definition) is 4. The topological polar surface area (TPSA) is 71.4 Å². The van der Waals surface area contributed by atoms with E-state index in [9.17, 15) is 13.2 Å². The van der Waals surface area contributed by atoms with Crippen LogP contribution >= 0.6 is 11.6 Å². The van der Waals surface area contributed by atoms with Crippen LogP contribution in [0.15, 0.2) is 59.5 Å². The third kappa shape index (κ3) is 5.03. The van der Waals surface area contributed by atoms with E-state index in [4.69, 9.17) is 16.7 Å². The molecule has 120 valence electrons. The van der Waals surface area contributed by atoms with Crippen LogP contribution in [0.2, 0.25) is 5.02 Å². The summed E-state index contributed by atoms with van der Waals surface area (Å²) in [4.78, 5) is 11.2. The van der Waals surface area contributed by atoms with Gasteiger partial charge in [-0.2, -0.15) is 0 Å². The molecule has 0 amide bonds. The highest BCUT2D eigenvalue weighted by Gasteiger charge is 2.15. The van der Waals surface area contributed by atoms with Gasteiger partial charge in [0.05, 0.1) is 10.6 Å². The predicted octanol–water partition coefficient (Wildman–Crippen LogP) is 2.89. The molecule has 0 fully saturated rings. The first-order chi connectivity index (χ1) is 10.9. The standard InChI is InChI=1S/C17H15ClO4S/c18-15-6-9-17(10-7-15)23(21,22)12-14-3-1-13(2-4-14)5-8-16(20)11-19/h1-10,19H,11-12H2/b8-5+. The van der Waals surface area contributed by atoms with Crippen LogP contribution in [0.3, 0.4) is 0 Å². The summed E-state index contributed by atoms with van der Waals surface area (Å²) in [5.74, 6) is -0.506. The number of ketones is 1. The minimum absolute atomic E-state index is 0.117. The maximum Gasteiger partial charge on any atom is 0.182 e. The summed E-state index contributed by atoms with van der Waals surface area (Å²) in [5.41, 5.74) is 1.39. The normalized spacial score (nSPS) is 11.7. The van der Waals surface area contributed by atoms with Crippen molar-refractivity contribution in [3.8, 4) is 0 Å². The van der Waals surface area contributed by atoms with Crippen LogP contribution in [0.25, 0.3) is 6.08 Å². The molecular weight excluding hydrogens is 336 g/mol. The van der Waals surface area contributed by atoms with Gasteiger partial charge in [0.1, 0.15) is 6.61 Å². The molecule has 2 rings (SSSR count). The molecule has 0 aliphatic rings. The summed E-state index contributed by atoms with van der Waals surface area (Å²) in [7, 11) is -3.44. The number of aliphatic hydroxyl groups is 1. The van der Waals surface area contributed by atoms with Gasteiger partial charge in [-0.3, -0.25) is 4.79 Å². The fourth-order valence-electron chi connectivity index (χ4n) is 1.91. The molecule has 0 saturated heterocycles. The first kappa shape index (κ1) is 17.4. The lowest BCUT2D eigenvalue weighted by atomic mass is 10.1. The Labute approximate surface area is 140 Å². The Morgan fingerprint density at radius 2 is 1.65 bits per heavy atom. The van der Waals surface area contributed by atoms with Gasteiger partial charge >= 0.3 is 0 Å². The summed E-state index contributed by atoms with van der Waals surface area (Å²) in [5, 5.41) is 9.12. The average Bonchev–Trinajstić information content (AvgIpc) is 2.54. The predicted molar refractivity (Wildman–Crippen MR) is 89.9 cm³/mol. The third-order valence-corrected chi connectivity index (χ3v) is 5.08. The molecule has 4 nitrogen and oxygen atoms in total. The van der Waals surface area contributed by atoms with Crippen molar-refractivity contribution in [3.05, 3.63) is 70.8 Å². The SMILES string of the molecule is O=C(/C=C/c1ccc(CS(=O)(=O)c2ccc(Cl)cc2)cc1)CO. The second kappa shape index (κ2) is 7.55. The number of rotatable bonds is 6. The van der Waals surface area contributed by atoms with Crippen LogP contribution in [0.4, 0.5) is 0 Å². The van der Waals surface area contributed by atoms with Crippen molar-refractivity contribution in [1.29, 1.82) is 0 Å². The minimum atomic E-state index is -3.44. The number of aliphatic hydroxyl groups excluding tert-OH is 1. The van der Waals surface area contributed by atoms with E-state index >= 15 is 0 Å². The second-order valence-corrected chi connectivity index (χ2v) is 7.34. The zero-order valence-electron chi connectivity index (χ0n) is 12.1. The van der Waals surface area contributed by atoms with Gasteiger partial charge in [-0.1, -0.05) is 41.9 Å². The summed E-state index contributed by atoms with van der Waals surface area (Å²) < 4.78 is 24.6. The van der Waals surface area contributed by atoms with Gasteiger partial charge in [-0.15, -0.1) is 0 Å². The molecule has 0 aliphatic heterocycles. The van der Waals surface area contributed by atoms with Crippen LogP contribution in [0.1, 0.15) is 11.1 Å². The van der Waals surface area contributed by atoms with Crippen LogP contribution in [-0.2, 0) is 20.4 Å². The molecule has 0 atom stereocenters. The van der Waals surface area contributed by atoms with Crippen LogP contribution in [-0.4, -0.2) is 25.9 Å². The fourth-order valence-corrected chi connectivity index (χ4v) is 3.39. The van der Waals surface area contributed by atoms with Crippen molar-refractivity contribution in [2.24, 2.45) is 0 Å². The lowest BCUT2D eigenvalue weighted by Crippen LogP contribution is -2.04.